The normalized spacial score (nSPS) is 15.9. The Hall–Kier alpha value is -2.82. The Morgan fingerprint density at radius 1 is 1.17 bits per heavy atom. The van der Waals surface area contributed by atoms with Crippen molar-refractivity contribution in [2.75, 3.05) is 18.1 Å². The number of hydrogen-bond donors (Lipinski definition) is 1. The van der Waals surface area contributed by atoms with E-state index >= 15 is 0 Å². The third-order valence-corrected chi connectivity index (χ3v) is 4.27. The van der Waals surface area contributed by atoms with Gasteiger partial charge in [0.2, 0.25) is 0 Å². The van der Waals surface area contributed by atoms with E-state index in [9.17, 15) is 14.7 Å². The van der Waals surface area contributed by atoms with Gasteiger partial charge in [-0.05, 0) is 29.7 Å². The molecule has 3 rings (SSSR count). The van der Waals surface area contributed by atoms with Crippen LogP contribution < -0.4 is 9.64 Å². The number of nitrogens with zero attached hydrogens (tertiary/aromatic N) is 1. The number of aliphatic carboxylic acids is 1. The number of aryl methyl sites for hydroxylation is 1. The number of benzene rings is 2. The maximum Gasteiger partial charge on any atom is 0.312 e. The minimum Gasteiger partial charge on any atom is -0.483 e. The minimum absolute atomic E-state index is 0.113. The van der Waals surface area contributed by atoms with Crippen LogP contribution in [0.5, 0.6) is 5.75 Å². The van der Waals surface area contributed by atoms with Crippen molar-refractivity contribution in [2.24, 2.45) is 0 Å². The first-order valence-electron chi connectivity index (χ1n) is 7.94. The summed E-state index contributed by atoms with van der Waals surface area (Å²) in [4.78, 5) is 25.5. The van der Waals surface area contributed by atoms with Gasteiger partial charge >= 0.3 is 5.97 Å². The van der Waals surface area contributed by atoms with Crippen LogP contribution in [-0.4, -0.2) is 30.1 Å². The van der Waals surface area contributed by atoms with Crippen molar-refractivity contribution in [1.82, 2.24) is 0 Å². The molecule has 1 amide bonds. The average Bonchev–Trinajstić information content (AvgIpc) is 3.00. The molecule has 0 radical (unpaired) electrons. The second-order valence-electron chi connectivity index (χ2n) is 5.70. The Balaban J connectivity index is 1.75. The Kier molecular flexibility index (Phi) is 4.51. The van der Waals surface area contributed by atoms with Gasteiger partial charge in [0, 0.05) is 12.2 Å². The molecule has 0 fully saturated rings. The van der Waals surface area contributed by atoms with E-state index < -0.39 is 11.9 Å². The summed E-state index contributed by atoms with van der Waals surface area (Å²) in [6.07, 6.45) is 0.817. The fourth-order valence-corrected chi connectivity index (χ4v) is 3.01. The van der Waals surface area contributed by atoms with E-state index in [-0.39, 0.29) is 19.1 Å². The zero-order chi connectivity index (χ0) is 17.1. The van der Waals surface area contributed by atoms with E-state index in [2.05, 4.69) is 0 Å². The number of carbonyl (C=O) groups is 2. The van der Waals surface area contributed by atoms with Crippen LogP contribution in [0.3, 0.4) is 0 Å². The van der Waals surface area contributed by atoms with Crippen LogP contribution in [0.25, 0.3) is 0 Å². The number of ether oxygens (including phenoxy) is 1. The molecule has 1 aliphatic rings. The Bertz CT molecular complexity index is 771. The quantitative estimate of drug-likeness (QED) is 0.918. The molecule has 2 aromatic rings. The van der Waals surface area contributed by atoms with Gasteiger partial charge in [0.25, 0.3) is 5.91 Å². The summed E-state index contributed by atoms with van der Waals surface area (Å²) in [5.74, 6) is -1.16. The van der Waals surface area contributed by atoms with Crippen molar-refractivity contribution < 1.29 is 19.4 Å². The first-order valence-corrected chi connectivity index (χ1v) is 7.94. The molecule has 0 aromatic heterocycles. The van der Waals surface area contributed by atoms with Crippen LogP contribution >= 0.6 is 0 Å². The summed E-state index contributed by atoms with van der Waals surface area (Å²) in [6, 6.07) is 14.7. The van der Waals surface area contributed by atoms with Gasteiger partial charge in [-0.25, -0.2) is 0 Å². The molecule has 1 N–H and O–H groups in total. The van der Waals surface area contributed by atoms with E-state index in [0.717, 1.165) is 12.0 Å². The fourth-order valence-electron chi connectivity index (χ4n) is 3.01. The Morgan fingerprint density at radius 2 is 1.88 bits per heavy atom. The molecule has 1 unspecified atom stereocenters. The standard InChI is InChI=1S/C19H19NO4/c1-2-13-7-3-6-10-17(13)24-12-18(21)20-11-15(19(22)23)14-8-4-5-9-16(14)20/h3-10,15H,2,11-12H2,1H3,(H,22,23). The molecular weight excluding hydrogens is 306 g/mol. The van der Waals surface area contributed by atoms with Gasteiger partial charge in [-0.1, -0.05) is 43.3 Å². The smallest absolute Gasteiger partial charge is 0.312 e. The van der Waals surface area contributed by atoms with Crippen LogP contribution in [0.1, 0.15) is 24.0 Å². The van der Waals surface area contributed by atoms with Gasteiger partial charge in [-0.15, -0.1) is 0 Å². The largest absolute Gasteiger partial charge is 0.483 e. The highest BCUT2D eigenvalue weighted by Crippen LogP contribution is 2.36. The predicted octanol–water partition coefficient (Wildman–Crippen LogP) is 2.84. The highest BCUT2D eigenvalue weighted by atomic mass is 16.5. The number of carboxylic acid groups (broad SMARTS) is 1. The lowest BCUT2D eigenvalue weighted by molar-refractivity contribution is -0.138. The van der Waals surface area contributed by atoms with E-state index in [0.29, 0.717) is 17.0 Å². The number of carboxylic acids is 1. The summed E-state index contributed by atoms with van der Waals surface area (Å²) in [7, 11) is 0. The molecule has 24 heavy (non-hydrogen) atoms. The molecule has 1 heterocycles. The second-order valence-corrected chi connectivity index (χ2v) is 5.70. The molecule has 2 aromatic carbocycles. The highest BCUT2D eigenvalue weighted by Gasteiger charge is 2.36. The van der Waals surface area contributed by atoms with Crippen LogP contribution in [0.15, 0.2) is 48.5 Å². The number of carbonyl (C=O) groups excluding carboxylic acids is 1. The van der Waals surface area contributed by atoms with Gasteiger partial charge < -0.3 is 14.7 Å². The molecule has 1 aliphatic heterocycles. The molecule has 0 bridgehead atoms. The van der Waals surface area contributed by atoms with Crippen molar-refractivity contribution in [1.29, 1.82) is 0 Å². The molecule has 0 spiro atoms. The lowest BCUT2D eigenvalue weighted by atomic mass is 10.0. The van der Waals surface area contributed by atoms with Gasteiger partial charge in [-0.2, -0.15) is 0 Å². The summed E-state index contributed by atoms with van der Waals surface area (Å²) in [5, 5.41) is 9.37. The molecule has 124 valence electrons. The molecule has 0 saturated heterocycles. The number of rotatable bonds is 5. The predicted molar refractivity (Wildman–Crippen MR) is 90.5 cm³/mol. The zero-order valence-electron chi connectivity index (χ0n) is 13.4. The summed E-state index contributed by atoms with van der Waals surface area (Å²) >= 11 is 0. The molecule has 5 nitrogen and oxygen atoms in total. The Morgan fingerprint density at radius 3 is 2.62 bits per heavy atom. The van der Waals surface area contributed by atoms with Crippen LogP contribution in [-0.2, 0) is 16.0 Å². The fraction of sp³-hybridized carbons (Fsp3) is 0.263. The van der Waals surface area contributed by atoms with Crippen molar-refractivity contribution in [3.05, 3.63) is 59.7 Å². The number of amides is 1. The molecular formula is C19H19NO4. The van der Waals surface area contributed by atoms with Gasteiger partial charge in [-0.3, -0.25) is 9.59 Å². The first-order chi connectivity index (χ1) is 11.6. The maximum absolute atomic E-state index is 12.6. The van der Waals surface area contributed by atoms with E-state index in [1.54, 1.807) is 24.3 Å². The van der Waals surface area contributed by atoms with Gasteiger partial charge in [0.05, 0.1) is 0 Å². The lowest BCUT2D eigenvalue weighted by Crippen LogP contribution is -2.35. The summed E-state index contributed by atoms with van der Waals surface area (Å²) < 4.78 is 5.67. The van der Waals surface area contributed by atoms with E-state index in [4.69, 9.17) is 4.74 Å². The lowest BCUT2D eigenvalue weighted by Gasteiger charge is -2.18. The molecule has 0 saturated carbocycles. The highest BCUT2D eigenvalue weighted by molar-refractivity contribution is 5.99. The zero-order valence-corrected chi connectivity index (χ0v) is 13.4. The summed E-state index contributed by atoms with van der Waals surface area (Å²) in [5.41, 5.74) is 2.37. The number of para-hydroxylation sites is 2. The van der Waals surface area contributed by atoms with Crippen molar-refractivity contribution >= 4 is 17.6 Å². The Labute approximate surface area is 140 Å². The van der Waals surface area contributed by atoms with Crippen LogP contribution in [0.4, 0.5) is 5.69 Å². The number of fused-ring (bicyclic) bond motifs is 1. The second kappa shape index (κ2) is 6.74. The average molecular weight is 325 g/mol. The number of anilines is 1. The van der Waals surface area contributed by atoms with Crippen molar-refractivity contribution in [3.8, 4) is 5.75 Å². The maximum atomic E-state index is 12.6. The van der Waals surface area contributed by atoms with E-state index in [1.165, 1.54) is 4.90 Å². The SMILES string of the molecule is CCc1ccccc1OCC(=O)N1CC(C(=O)O)c2ccccc21. The minimum atomic E-state index is -0.921. The van der Waals surface area contributed by atoms with Crippen molar-refractivity contribution in [3.63, 3.8) is 0 Å². The van der Waals surface area contributed by atoms with Crippen molar-refractivity contribution in [2.45, 2.75) is 19.3 Å². The topological polar surface area (TPSA) is 66.8 Å². The summed E-state index contributed by atoms with van der Waals surface area (Å²) in [6.45, 7) is 2.06. The molecule has 5 heteroatoms. The van der Waals surface area contributed by atoms with Gasteiger partial charge in [0.1, 0.15) is 11.7 Å². The van der Waals surface area contributed by atoms with Crippen LogP contribution in [0.2, 0.25) is 0 Å². The monoisotopic (exact) mass is 325 g/mol. The first kappa shape index (κ1) is 16.1. The third-order valence-electron chi connectivity index (χ3n) is 4.27. The van der Waals surface area contributed by atoms with Crippen LogP contribution in [0, 0.1) is 0 Å². The molecule has 1 atom stereocenters. The van der Waals surface area contributed by atoms with E-state index in [1.807, 2.05) is 31.2 Å². The molecule has 0 aliphatic carbocycles. The van der Waals surface area contributed by atoms with Gasteiger partial charge in [0.15, 0.2) is 6.61 Å². The number of hydrogen-bond acceptors (Lipinski definition) is 3. The third kappa shape index (κ3) is 2.97.